The predicted molar refractivity (Wildman–Crippen MR) is 54.8 cm³/mol. The Balaban J connectivity index is 2.41. The van der Waals surface area contributed by atoms with Gasteiger partial charge in [0, 0.05) is 25.2 Å². The molecule has 3 nitrogen and oxygen atoms in total. The highest BCUT2D eigenvalue weighted by molar-refractivity contribution is 4.84. The Bertz CT molecular complexity index is 141. The lowest BCUT2D eigenvalue weighted by atomic mass is 10.1. The zero-order chi connectivity index (χ0) is 9.68. The first-order chi connectivity index (χ1) is 6.29. The van der Waals surface area contributed by atoms with Crippen LogP contribution in [0.15, 0.2) is 0 Å². The molecule has 0 spiro atoms. The summed E-state index contributed by atoms with van der Waals surface area (Å²) in [5, 5.41) is 12.5. The second kappa shape index (κ2) is 5.58. The van der Waals surface area contributed by atoms with Crippen LogP contribution >= 0.6 is 0 Å². The van der Waals surface area contributed by atoms with Gasteiger partial charge in [0.05, 0.1) is 6.61 Å². The van der Waals surface area contributed by atoms with Crippen molar-refractivity contribution in [1.82, 2.24) is 10.2 Å². The lowest BCUT2D eigenvalue weighted by molar-refractivity contribution is 0.0620. The van der Waals surface area contributed by atoms with Crippen LogP contribution in [0.4, 0.5) is 0 Å². The molecule has 0 amide bonds. The van der Waals surface area contributed by atoms with Gasteiger partial charge in [0.2, 0.25) is 0 Å². The van der Waals surface area contributed by atoms with E-state index in [1.165, 1.54) is 12.8 Å². The summed E-state index contributed by atoms with van der Waals surface area (Å²) >= 11 is 0. The van der Waals surface area contributed by atoms with E-state index in [-0.39, 0.29) is 6.61 Å². The predicted octanol–water partition coefficient (Wildman–Crippen LogP) is 0.441. The molecule has 0 aromatic carbocycles. The molecule has 2 N–H and O–H groups in total. The number of aliphatic hydroxyl groups excluding tert-OH is 1. The first-order valence-corrected chi connectivity index (χ1v) is 5.37. The normalized spacial score (nSPS) is 30.7. The van der Waals surface area contributed by atoms with Crippen LogP contribution in [0.2, 0.25) is 0 Å². The standard InChI is InChI=1S/C10H22N2O/c1-3-4-5-12-9(2)6-11-7-10(12)8-13/h9-11,13H,3-8H2,1-2H3. The fourth-order valence-corrected chi connectivity index (χ4v) is 1.97. The van der Waals surface area contributed by atoms with E-state index in [0.717, 1.165) is 19.6 Å². The summed E-state index contributed by atoms with van der Waals surface area (Å²) < 4.78 is 0. The summed E-state index contributed by atoms with van der Waals surface area (Å²) in [6.07, 6.45) is 2.47. The van der Waals surface area contributed by atoms with Gasteiger partial charge in [-0.3, -0.25) is 4.90 Å². The molecule has 2 unspecified atom stereocenters. The van der Waals surface area contributed by atoms with Crippen LogP contribution in [-0.4, -0.2) is 48.3 Å². The molecular formula is C10H22N2O. The quantitative estimate of drug-likeness (QED) is 0.669. The summed E-state index contributed by atoms with van der Waals surface area (Å²) in [5.41, 5.74) is 0. The molecule has 0 saturated carbocycles. The molecular weight excluding hydrogens is 164 g/mol. The number of rotatable bonds is 4. The van der Waals surface area contributed by atoms with Crippen LogP contribution in [-0.2, 0) is 0 Å². The van der Waals surface area contributed by atoms with Gasteiger partial charge >= 0.3 is 0 Å². The molecule has 1 heterocycles. The van der Waals surface area contributed by atoms with E-state index in [9.17, 15) is 5.11 Å². The van der Waals surface area contributed by atoms with Crippen molar-refractivity contribution in [2.24, 2.45) is 0 Å². The molecule has 0 radical (unpaired) electrons. The third-order valence-corrected chi connectivity index (χ3v) is 2.84. The Kier molecular flexibility index (Phi) is 4.70. The van der Waals surface area contributed by atoms with Gasteiger partial charge in [0.15, 0.2) is 0 Å². The van der Waals surface area contributed by atoms with E-state index in [1.54, 1.807) is 0 Å². The van der Waals surface area contributed by atoms with E-state index >= 15 is 0 Å². The second-order valence-corrected chi connectivity index (χ2v) is 3.94. The van der Waals surface area contributed by atoms with E-state index in [4.69, 9.17) is 0 Å². The van der Waals surface area contributed by atoms with Crippen molar-refractivity contribution in [3.63, 3.8) is 0 Å². The van der Waals surface area contributed by atoms with E-state index in [1.807, 2.05) is 0 Å². The zero-order valence-electron chi connectivity index (χ0n) is 8.79. The minimum Gasteiger partial charge on any atom is -0.395 e. The third-order valence-electron chi connectivity index (χ3n) is 2.84. The van der Waals surface area contributed by atoms with Crippen LogP contribution in [0.3, 0.4) is 0 Å². The Morgan fingerprint density at radius 3 is 2.85 bits per heavy atom. The number of nitrogens with one attached hydrogen (secondary N) is 1. The highest BCUT2D eigenvalue weighted by Crippen LogP contribution is 2.10. The summed E-state index contributed by atoms with van der Waals surface area (Å²) in [6.45, 7) is 7.84. The summed E-state index contributed by atoms with van der Waals surface area (Å²) in [6, 6.07) is 0.896. The van der Waals surface area contributed by atoms with Gasteiger partial charge in [-0.15, -0.1) is 0 Å². The Labute approximate surface area is 81.1 Å². The minimum atomic E-state index is 0.279. The van der Waals surface area contributed by atoms with E-state index in [0.29, 0.717) is 12.1 Å². The monoisotopic (exact) mass is 186 g/mol. The summed E-state index contributed by atoms with van der Waals surface area (Å²) in [7, 11) is 0. The van der Waals surface area contributed by atoms with Crippen molar-refractivity contribution < 1.29 is 5.11 Å². The number of hydrogen-bond donors (Lipinski definition) is 2. The molecule has 0 aromatic rings. The molecule has 1 aliphatic heterocycles. The molecule has 3 heteroatoms. The first kappa shape index (κ1) is 11.0. The van der Waals surface area contributed by atoms with Gasteiger partial charge in [0.1, 0.15) is 0 Å². The topological polar surface area (TPSA) is 35.5 Å². The maximum absolute atomic E-state index is 9.20. The number of hydrogen-bond acceptors (Lipinski definition) is 3. The van der Waals surface area contributed by atoms with Gasteiger partial charge in [-0.25, -0.2) is 0 Å². The van der Waals surface area contributed by atoms with Crippen LogP contribution in [0.1, 0.15) is 26.7 Å². The zero-order valence-corrected chi connectivity index (χ0v) is 8.79. The smallest absolute Gasteiger partial charge is 0.0599 e. The SMILES string of the molecule is CCCCN1C(C)CNCC1CO. The molecule has 1 aliphatic rings. The van der Waals surface area contributed by atoms with Crippen molar-refractivity contribution in [2.75, 3.05) is 26.2 Å². The van der Waals surface area contributed by atoms with Crippen molar-refractivity contribution in [2.45, 2.75) is 38.8 Å². The van der Waals surface area contributed by atoms with Gasteiger partial charge in [-0.1, -0.05) is 13.3 Å². The van der Waals surface area contributed by atoms with Crippen LogP contribution in [0, 0.1) is 0 Å². The van der Waals surface area contributed by atoms with Crippen molar-refractivity contribution in [3.8, 4) is 0 Å². The highest BCUT2D eigenvalue weighted by Gasteiger charge is 2.25. The molecule has 1 saturated heterocycles. The highest BCUT2D eigenvalue weighted by atomic mass is 16.3. The Morgan fingerprint density at radius 1 is 1.46 bits per heavy atom. The molecule has 0 aliphatic carbocycles. The van der Waals surface area contributed by atoms with Gasteiger partial charge in [-0.2, -0.15) is 0 Å². The lowest BCUT2D eigenvalue weighted by Crippen LogP contribution is -2.57. The summed E-state index contributed by atoms with van der Waals surface area (Å²) in [5.74, 6) is 0. The number of piperazine rings is 1. The maximum Gasteiger partial charge on any atom is 0.0599 e. The lowest BCUT2D eigenvalue weighted by Gasteiger charge is -2.40. The molecule has 1 fully saturated rings. The number of unbranched alkanes of at least 4 members (excludes halogenated alkanes) is 1. The second-order valence-electron chi connectivity index (χ2n) is 3.94. The van der Waals surface area contributed by atoms with Crippen molar-refractivity contribution in [1.29, 1.82) is 0 Å². The van der Waals surface area contributed by atoms with E-state index in [2.05, 4.69) is 24.1 Å². The molecule has 2 atom stereocenters. The van der Waals surface area contributed by atoms with Crippen LogP contribution in [0.5, 0.6) is 0 Å². The largest absolute Gasteiger partial charge is 0.395 e. The van der Waals surface area contributed by atoms with Crippen molar-refractivity contribution >= 4 is 0 Å². The third kappa shape index (κ3) is 2.93. The summed E-state index contributed by atoms with van der Waals surface area (Å²) in [4.78, 5) is 2.43. The fraction of sp³-hybridized carbons (Fsp3) is 1.00. The van der Waals surface area contributed by atoms with Gasteiger partial charge in [0.25, 0.3) is 0 Å². The number of aliphatic hydroxyl groups is 1. The van der Waals surface area contributed by atoms with Gasteiger partial charge < -0.3 is 10.4 Å². The molecule has 1 rings (SSSR count). The fourth-order valence-electron chi connectivity index (χ4n) is 1.97. The molecule has 0 aromatic heterocycles. The average Bonchev–Trinajstić information content (AvgIpc) is 2.15. The average molecular weight is 186 g/mol. The minimum absolute atomic E-state index is 0.279. The molecule has 78 valence electrons. The van der Waals surface area contributed by atoms with Crippen molar-refractivity contribution in [3.05, 3.63) is 0 Å². The molecule has 13 heavy (non-hydrogen) atoms. The van der Waals surface area contributed by atoms with Crippen LogP contribution < -0.4 is 5.32 Å². The molecule has 0 bridgehead atoms. The maximum atomic E-state index is 9.20. The van der Waals surface area contributed by atoms with Crippen LogP contribution in [0.25, 0.3) is 0 Å². The Morgan fingerprint density at radius 2 is 2.23 bits per heavy atom. The number of nitrogens with zero attached hydrogens (tertiary/aromatic N) is 1. The Hall–Kier alpha value is -0.120. The van der Waals surface area contributed by atoms with Gasteiger partial charge in [-0.05, 0) is 19.9 Å². The van der Waals surface area contributed by atoms with E-state index < -0.39 is 0 Å². The first-order valence-electron chi connectivity index (χ1n) is 5.37.